The van der Waals surface area contributed by atoms with E-state index in [-0.39, 0.29) is 11.8 Å². The topological polar surface area (TPSA) is 49.4 Å². The predicted molar refractivity (Wildman–Crippen MR) is 105 cm³/mol. The van der Waals surface area contributed by atoms with Crippen LogP contribution in [0, 0.1) is 20.8 Å². The van der Waals surface area contributed by atoms with E-state index in [1.54, 1.807) is 13.0 Å². The quantitative estimate of drug-likeness (QED) is 0.809. The number of benzene rings is 2. The Bertz CT molecular complexity index is 947. The van der Waals surface area contributed by atoms with Gasteiger partial charge in [0.15, 0.2) is 0 Å². The van der Waals surface area contributed by atoms with E-state index in [1.165, 1.54) is 4.90 Å². The molecule has 0 saturated carbocycles. The monoisotopic (exact) mass is 368 g/mol. The number of hydrogen-bond acceptors (Lipinski definition) is 3. The number of nitrogens with zero attached hydrogens (tertiary/aromatic N) is 1. The number of aryl methyl sites for hydroxylation is 3. The second-order valence-electron chi connectivity index (χ2n) is 6.49. The second kappa shape index (κ2) is 6.96. The highest BCUT2D eigenvalue weighted by atomic mass is 35.5. The first-order valence-electron chi connectivity index (χ1n) is 8.54. The van der Waals surface area contributed by atoms with E-state index in [0.29, 0.717) is 22.8 Å². The Hall–Kier alpha value is -2.59. The maximum absolute atomic E-state index is 12.9. The molecule has 0 unspecified atom stereocenters. The summed E-state index contributed by atoms with van der Waals surface area (Å²) in [4.78, 5) is 27.0. The lowest BCUT2D eigenvalue weighted by Gasteiger charge is -2.13. The van der Waals surface area contributed by atoms with Crippen LogP contribution in [0.25, 0.3) is 5.57 Å². The lowest BCUT2D eigenvalue weighted by Crippen LogP contribution is -2.32. The van der Waals surface area contributed by atoms with Gasteiger partial charge in [-0.05, 0) is 68.1 Å². The first-order chi connectivity index (χ1) is 12.3. The number of halogens is 1. The first kappa shape index (κ1) is 18.2. The molecule has 0 atom stereocenters. The van der Waals surface area contributed by atoms with Gasteiger partial charge in [-0.25, -0.2) is 0 Å². The van der Waals surface area contributed by atoms with Crippen LogP contribution in [0.2, 0.25) is 5.02 Å². The number of hydrogen-bond donors (Lipinski definition) is 1. The number of nitrogens with one attached hydrogen (secondary N) is 1. The third kappa shape index (κ3) is 3.13. The van der Waals surface area contributed by atoms with Crippen molar-refractivity contribution in [2.24, 2.45) is 0 Å². The summed E-state index contributed by atoms with van der Waals surface area (Å²) in [6.07, 6.45) is 0. The summed E-state index contributed by atoms with van der Waals surface area (Å²) >= 11 is 6.02. The maximum Gasteiger partial charge on any atom is 0.278 e. The molecule has 2 amide bonds. The predicted octanol–water partition coefficient (Wildman–Crippen LogP) is 4.48. The molecule has 26 heavy (non-hydrogen) atoms. The van der Waals surface area contributed by atoms with Gasteiger partial charge in [0.05, 0.1) is 5.57 Å². The fraction of sp³-hybridized carbons (Fsp3) is 0.238. The molecule has 4 nitrogen and oxygen atoms in total. The van der Waals surface area contributed by atoms with Crippen molar-refractivity contribution in [2.75, 3.05) is 11.9 Å². The fourth-order valence-electron chi connectivity index (χ4n) is 3.05. The number of imide groups is 1. The van der Waals surface area contributed by atoms with E-state index in [1.807, 2.05) is 51.1 Å². The zero-order valence-electron chi connectivity index (χ0n) is 15.3. The second-order valence-corrected chi connectivity index (χ2v) is 6.92. The molecule has 0 spiro atoms. The van der Waals surface area contributed by atoms with Gasteiger partial charge in [-0.1, -0.05) is 29.8 Å². The van der Waals surface area contributed by atoms with Crippen LogP contribution >= 0.6 is 11.6 Å². The molecule has 2 aromatic rings. The number of likely N-dealkylation sites (N-methyl/N-ethyl adjacent to an activating group) is 1. The number of anilines is 1. The van der Waals surface area contributed by atoms with Crippen molar-refractivity contribution in [3.05, 3.63) is 69.4 Å². The summed E-state index contributed by atoms with van der Waals surface area (Å²) in [6, 6.07) is 11.2. The molecule has 0 fully saturated rings. The largest absolute Gasteiger partial charge is 0.350 e. The van der Waals surface area contributed by atoms with Crippen molar-refractivity contribution in [3.63, 3.8) is 0 Å². The van der Waals surface area contributed by atoms with Crippen LogP contribution in [0.4, 0.5) is 5.69 Å². The lowest BCUT2D eigenvalue weighted by molar-refractivity contribution is -0.136. The van der Waals surface area contributed by atoms with E-state index in [2.05, 4.69) is 5.32 Å². The van der Waals surface area contributed by atoms with Crippen LogP contribution < -0.4 is 5.32 Å². The molecule has 3 rings (SSSR count). The number of rotatable bonds is 4. The molecule has 0 radical (unpaired) electrons. The highest BCUT2D eigenvalue weighted by Crippen LogP contribution is 2.32. The van der Waals surface area contributed by atoms with E-state index in [4.69, 9.17) is 11.6 Å². The van der Waals surface area contributed by atoms with Gasteiger partial charge in [-0.2, -0.15) is 0 Å². The lowest BCUT2D eigenvalue weighted by atomic mass is 9.99. The number of carbonyl (C=O) groups is 2. The summed E-state index contributed by atoms with van der Waals surface area (Å²) in [5, 5.41) is 3.80. The summed E-state index contributed by atoms with van der Waals surface area (Å²) in [5.41, 5.74) is 5.34. The van der Waals surface area contributed by atoms with Gasteiger partial charge in [-0.15, -0.1) is 0 Å². The molecule has 5 heteroatoms. The minimum absolute atomic E-state index is 0.269. The molecule has 1 heterocycles. The number of carbonyl (C=O) groups excluding carboxylic acids is 2. The molecule has 0 saturated heterocycles. The average Bonchev–Trinajstić information content (AvgIpc) is 2.82. The van der Waals surface area contributed by atoms with Gasteiger partial charge in [0, 0.05) is 17.3 Å². The smallest absolute Gasteiger partial charge is 0.278 e. The van der Waals surface area contributed by atoms with E-state index in [0.717, 1.165) is 27.9 Å². The molecule has 134 valence electrons. The summed E-state index contributed by atoms with van der Waals surface area (Å²) in [7, 11) is 0. The van der Waals surface area contributed by atoms with Crippen molar-refractivity contribution in [2.45, 2.75) is 27.7 Å². The Kier molecular flexibility index (Phi) is 4.88. The standard InChI is InChI=1S/C21H21ClN2O2/c1-5-24-20(25)18(15-7-6-12(2)13(3)10-15)19(21(24)26)23-17-9-8-16(22)11-14(17)4/h6-11,23H,5H2,1-4H3. The van der Waals surface area contributed by atoms with Crippen LogP contribution in [0.1, 0.15) is 29.2 Å². The fourth-order valence-corrected chi connectivity index (χ4v) is 3.27. The van der Waals surface area contributed by atoms with Gasteiger partial charge in [0.25, 0.3) is 11.8 Å². The van der Waals surface area contributed by atoms with Gasteiger partial charge >= 0.3 is 0 Å². The average molecular weight is 369 g/mol. The van der Waals surface area contributed by atoms with Crippen molar-refractivity contribution < 1.29 is 9.59 Å². The van der Waals surface area contributed by atoms with Gasteiger partial charge in [0.1, 0.15) is 5.70 Å². The summed E-state index contributed by atoms with van der Waals surface area (Å²) in [6.45, 7) is 8.04. The highest BCUT2D eigenvalue weighted by Gasteiger charge is 2.38. The molecule has 0 aromatic heterocycles. The van der Waals surface area contributed by atoms with Crippen LogP contribution in [0.15, 0.2) is 42.1 Å². The molecule has 1 aliphatic heterocycles. The Morgan fingerprint density at radius 2 is 1.65 bits per heavy atom. The molecule has 0 bridgehead atoms. The van der Waals surface area contributed by atoms with Crippen molar-refractivity contribution in [3.8, 4) is 0 Å². The van der Waals surface area contributed by atoms with Crippen molar-refractivity contribution in [1.29, 1.82) is 0 Å². The van der Waals surface area contributed by atoms with E-state index >= 15 is 0 Å². The minimum Gasteiger partial charge on any atom is -0.350 e. The Morgan fingerprint density at radius 1 is 0.923 bits per heavy atom. The molecular weight excluding hydrogens is 348 g/mol. The van der Waals surface area contributed by atoms with E-state index in [9.17, 15) is 9.59 Å². The minimum atomic E-state index is -0.305. The van der Waals surface area contributed by atoms with Gasteiger partial charge in [-0.3, -0.25) is 14.5 Å². The highest BCUT2D eigenvalue weighted by molar-refractivity contribution is 6.36. The van der Waals surface area contributed by atoms with Crippen LogP contribution in [-0.4, -0.2) is 23.3 Å². The summed E-state index contributed by atoms with van der Waals surface area (Å²) in [5.74, 6) is -0.574. The van der Waals surface area contributed by atoms with E-state index < -0.39 is 0 Å². The van der Waals surface area contributed by atoms with Gasteiger partial charge < -0.3 is 5.32 Å². The molecule has 2 aromatic carbocycles. The Balaban J connectivity index is 2.13. The molecule has 1 aliphatic rings. The van der Waals surface area contributed by atoms with Crippen LogP contribution in [0.3, 0.4) is 0 Å². The van der Waals surface area contributed by atoms with Crippen molar-refractivity contribution in [1.82, 2.24) is 4.90 Å². The zero-order chi connectivity index (χ0) is 19.0. The third-order valence-corrected chi connectivity index (χ3v) is 4.96. The van der Waals surface area contributed by atoms with Crippen LogP contribution in [-0.2, 0) is 9.59 Å². The zero-order valence-corrected chi connectivity index (χ0v) is 16.1. The first-order valence-corrected chi connectivity index (χ1v) is 8.92. The Morgan fingerprint density at radius 3 is 2.27 bits per heavy atom. The van der Waals surface area contributed by atoms with Crippen LogP contribution in [0.5, 0.6) is 0 Å². The number of amides is 2. The SMILES string of the molecule is CCN1C(=O)C(Nc2ccc(Cl)cc2C)=C(c2ccc(C)c(C)c2)C1=O. The van der Waals surface area contributed by atoms with Gasteiger partial charge in [0.2, 0.25) is 0 Å². The molecular formula is C21H21ClN2O2. The molecule has 0 aliphatic carbocycles. The Labute approximate surface area is 158 Å². The van der Waals surface area contributed by atoms with Crippen molar-refractivity contribution >= 4 is 34.7 Å². The maximum atomic E-state index is 12.9. The summed E-state index contributed by atoms with van der Waals surface area (Å²) < 4.78 is 0. The third-order valence-electron chi connectivity index (χ3n) is 4.73. The molecule has 1 N–H and O–H groups in total. The normalized spacial score (nSPS) is 14.4.